The minimum atomic E-state index is -0.225. The number of ether oxygens (including phenoxy) is 1. The van der Waals surface area contributed by atoms with Gasteiger partial charge in [0.05, 0.1) is 18.7 Å². The van der Waals surface area contributed by atoms with E-state index in [2.05, 4.69) is 4.99 Å². The molecule has 1 aromatic rings. The van der Waals surface area contributed by atoms with E-state index in [1.807, 2.05) is 38.1 Å². The zero-order chi connectivity index (χ0) is 12.0. The Morgan fingerprint density at radius 1 is 1.38 bits per heavy atom. The van der Waals surface area contributed by atoms with Gasteiger partial charge in [-0.15, -0.1) is 0 Å². The van der Waals surface area contributed by atoms with Crippen LogP contribution in [0, 0.1) is 6.92 Å². The predicted octanol–water partition coefficient (Wildman–Crippen LogP) is 3.04. The summed E-state index contributed by atoms with van der Waals surface area (Å²) in [6, 6.07) is 7.83. The van der Waals surface area contributed by atoms with E-state index in [-0.39, 0.29) is 12.4 Å². The maximum absolute atomic E-state index is 11.2. The van der Waals surface area contributed by atoms with Gasteiger partial charge in [-0.25, -0.2) is 0 Å². The van der Waals surface area contributed by atoms with E-state index >= 15 is 0 Å². The van der Waals surface area contributed by atoms with Gasteiger partial charge in [-0.3, -0.25) is 9.79 Å². The van der Waals surface area contributed by atoms with Crippen molar-refractivity contribution in [2.24, 2.45) is 4.99 Å². The van der Waals surface area contributed by atoms with Gasteiger partial charge in [0.15, 0.2) is 0 Å². The molecule has 0 aromatic heterocycles. The Morgan fingerprint density at radius 2 is 2.06 bits per heavy atom. The molecule has 16 heavy (non-hydrogen) atoms. The van der Waals surface area contributed by atoms with Crippen molar-refractivity contribution in [3.05, 3.63) is 29.8 Å². The van der Waals surface area contributed by atoms with Crippen LogP contribution in [0.25, 0.3) is 0 Å². The van der Waals surface area contributed by atoms with Crippen LogP contribution in [0.4, 0.5) is 5.69 Å². The molecule has 86 valence electrons. The minimum Gasteiger partial charge on any atom is -0.466 e. The molecule has 3 heteroatoms. The van der Waals surface area contributed by atoms with Crippen molar-refractivity contribution >= 4 is 17.4 Å². The molecule has 0 aliphatic carbocycles. The summed E-state index contributed by atoms with van der Waals surface area (Å²) < 4.78 is 4.86. The van der Waals surface area contributed by atoms with E-state index in [9.17, 15) is 4.79 Å². The highest BCUT2D eigenvalue weighted by molar-refractivity contribution is 5.98. The largest absolute Gasteiger partial charge is 0.466 e. The molecule has 0 radical (unpaired) electrons. The molecule has 0 N–H and O–H groups in total. The van der Waals surface area contributed by atoms with Gasteiger partial charge in [-0.05, 0) is 32.4 Å². The van der Waals surface area contributed by atoms with Crippen LogP contribution in [-0.4, -0.2) is 18.3 Å². The van der Waals surface area contributed by atoms with Crippen molar-refractivity contribution in [1.29, 1.82) is 0 Å². The van der Waals surface area contributed by atoms with Gasteiger partial charge in [0.25, 0.3) is 0 Å². The van der Waals surface area contributed by atoms with Crippen molar-refractivity contribution < 1.29 is 9.53 Å². The van der Waals surface area contributed by atoms with Crippen LogP contribution >= 0.6 is 0 Å². The molecule has 0 bridgehead atoms. The summed E-state index contributed by atoms with van der Waals surface area (Å²) in [5.74, 6) is -0.225. The standard InChI is InChI=1S/C13H17NO2/c1-4-16-13(15)9-11(3)14-12-8-6-5-7-10(12)2/h5-8H,4,9H2,1-3H3. The van der Waals surface area contributed by atoms with E-state index in [1.54, 1.807) is 6.92 Å². The summed E-state index contributed by atoms with van der Waals surface area (Å²) in [7, 11) is 0. The van der Waals surface area contributed by atoms with Crippen LogP contribution in [-0.2, 0) is 9.53 Å². The van der Waals surface area contributed by atoms with Crippen molar-refractivity contribution in [3.63, 3.8) is 0 Å². The smallest absolute Gasteiger partial charge is 0.311 e. The Labute approximate surface area is 96.2 Å². The zero-order valence-corrected chi connectivity index (χ0v) is 9.99. The van der Waals surface area contributed by atoms with Crippen LogP contribution in [0.2, 0.25) is 0 Å². The number of aryl methyl sites for hydroxylation is 1. The Balaban J connectivity index is 2.70. The Morgan fingerprint density at radius 3 is 2.69 bits per heavy atom. The first-order valence-corrected chi connectivity index (χ1v) is 5.39. The Hall–Kier alpha value is -1.64. The molecule has 0 aliphatic rings. The average molecular weight is 219 g/mol. The van der Waals surface area contributed by atoms with Crippen molar-refractivity contribution in [1.82, 2.24) is 0 Å². The number of hydrogen-bond donors (Lipinski definition) is 0. The second kappa shape index (κ2) is 6.05. The first-order valence-electron chi connectivity index (χ1n) is 5.39. The number of aliphatic imine (C=N–C) groups is 1. The van der Waals surface area contributed by atoms with Crippen molar-refractivity contribution in [3.8, 4) is 0 Å². The maximum Gasteiger partial charge on any atom is 0.311 e. The molecule has 3 nitrogen and oxygen atoms in total. The van der Waals surface area contributed by atoms with E-state index in [0.29, 0.717) is 6.61 Å². The summed E-state index contributed by atoms with van der Waals surface area (Å²) in [4.78, 5) is 15.6. The number of benzene rings is 1. The number of rotatable bonds is 4. The van der Waals surface area contributed by atoms with Gasteiger partial charge in [0.1, 0.15) is 0 Å². The first-order chi connectivity index (χ1) is 7.63. The second-order valence-corrected chi connectivity index (χ2v) is 3.62. The quantitative estimate of drug-likeness (QED) is 0.576. The van der Waals surface area contributed by atoms with Crippen LogP contribution in [0.5, 0.6) is 0 Å². The molecule has 0 saturated carbocycles. The molecule has 0 heterocycles. The van der Waals surface area contributed by atoms with E-state index in [4.69, 9.17) is 4.74 Å². The molecule has 0 atom stereocenters. The fourth-order valence-corrected chi connectivity index (χ4v) is 1.35. The fraction of sp³-hybridized carbons (Fsp3) is 0.385. The minimum absolute atomic E-state index is 0.225. The monoisotopic (exact) mass is 219 g/mol. The van der Waals surface area contributed by atoms with Crippen LogP contribution in [0.3, 0.4) is 0 Å². The maximum atomic E-state index is 11.2. The lowest BCUT2D eigenvalue weighted by Gasteiger charge is -2.03. The Bertz CT molecular complexity index is 397. The normalized spacial score (nSPS) is 11.3. The number of esters is 1. The van der Waals surface area contributed by atoms with E-state index in [0.717, 1.165) is 17.0 Å². The second-order valence-electron chi connectivity index (χ2n) is 3.62. The van der Waals surface area contributed by atoms with Crippen LogP contribution in [0.15, 0.2) is 29.3 Å². The van der Waals surface area contributed by atoms with Gasteiger partial charge < -0.3 is 4.74 Å². The third-order valence-electron chi connectivity index (χ3n) is 2.13. The van der Waals surface area contributed by atoms with Crippen molar-refractivity contribution in [2.75, 3.05) is 6.61 Å². The predicted molar refractivity (Wildman–Crippen MR) is 65.2 cm³/mol. The van der Waals surface area contributed by atoms with Crippen molar-refractivity contribution in [2.45, 2.75) is 27.2 Å². The highest BCUT2D eigenvalue weighted by Gasteiger charge is 2.04. The summed E-state index contributed by atoms with van der Waals surface area (Å²) in [6.07, 6.45) is 0.252. The van der Waals surface area contributed by atoms with Crippen LogP contribution < -0.4 is 0 Å². The number of carbonyl (C=O) groups is 1. The summed E-state index contributed by atoms with van der Waals surface area (Å²) >= 11 is 0. The van der Waals surface area contributed by atoms with Gasteiger partial charge in [-0.1, -0.05) is 18.2 Å². The topological polar surface area (TPSA) is 38.7 Å². The highest BCUT2D eigenvalue weighted by atomic mass is 16.5. The molecule has 0 unspecified atom stereocenters. The van der Waals surface area contributed by atoms with Gasteiger partial charge >= 0.3 is 5.97 Å². The molecule has 0 fully saturated rings. The fourth-order valence-electron chi connectivity index (χ4n) is 1.35. The molecule has 0 aliphatic heterocycles. The lowest BCUT2D eigenvalue weighted by Crippen LogP contribution is -2.08. The lowest BCUT2D eigenvalue weighted by atomic mass is 10.2. The summed E-state index contributed by atoms with van der Waals surface area (Å²) in [6.45, 7) is 6.04. The SMILES string of the molecule is CCOC(=O)CC(C)=Nc1ccccc1C. The number of carbonyl (C=O) groups excluding carboxylic acids is 1. The third kappa shape index (κ3) is 3.85. The zero-order valence-electron chi connectivity index (χ0n) is 9.99. The van der Waals surface area contributed by atoms with Gasteiger partial charge in [-0.2, -0.15) is 0 Å². The summed E-state index contributed by atoms with van der Waals surface area (Å²) in [5.41, 5.74) is 2.78. The highest BCUT2D eigenvalue weighted by Crippen LogP contribution is 2.17. The molecular weight excluding hydrogens is 202 g/mol. The third-order valence-corrected chi connectivity index (χ3v) is 2.13. The average Bonchev–Trinajstić information content (AvgIpc) is 2.21. The number of hydrogen-bond acceptors (Lipinski definition) is 3. The lowest BCUT2D eigenvalue weighted by molar-refractivity contribution is -0.141. The number of para-hydroxylation sites is 1. The van der Waals surface area contributed by atoms with Gasteiger partial charge in [0.2, 0.25) is 0 Å². The molecule has 0 spiro atoms. The first kappa shape index (κ1) is 12.4. The Kier molecular flexibility index (Phi) is 4.70. The molecule has 1 rings (SSSR count). The summed E-state index contributed by atoms with van der Waals surface area (Å²) in [5, 5.41) is 0. The van der Waals surface area contributed by atoms with E-state index < -0.39 is 0 Å². The van der Waals surface area contributed by atoms with Crippen LogP contribution in [0.1, 0.15) is 25.8 Å². The molecule has 0 amide bonds. The molecule has 0 saturated heterocycles. The van der Waals surface area contributed by atoms with E-state index in [1.165, 1.54) is 0 Å². The molecular formula is C13H17NO2. The van der Waals surface area contributed by atoms with Gasteiger partial charge in [0, 0.05) is 5.71 Å². The molecule has 1 aromatic carbocycles. The number of nitrogens with zero attached hydrogens (tertiary/aromatic N) is 1.